The highest BCUT2D eigenvalue weighted by molar-refractivity contribution is 5.89. The van der Waals surface area contributed by atoms with Crippen molar-refractivity contribution in [3.63, 3.8) is 0 Å². The van der Waals surface area contributed by atoms with Gasteiger partial charge in [-0.05, 0) is 93.0 Å². The number of urea groups is 1. The summed E-state index contributed by atoms with van der Waals surface area (Å²) in [5, 5.41) is 3.06. The first-order valence-electron chi connectivity index (χ1n) is 10.5. The highest BCUT2D eigenvalue weighted by atomic mass is 16.2. The molecule has 2 amide bonds. The van der Waals surface area contributed by atoms with Crippen LogP contribution in [0.25, 0.3) is 11.0 Å². The van der Waals surface area contributed by atoms with Crippen molar-refractivity contribution in [3.05, 3.63) is 58.9 Å². The lowest BCUT2D eigenvalue weighted by molar-refractivity contribution is 0.177. The number of anilines is 1. The van der Waals surface area contributed by atoms with Gasteiger partial charge in [-0.2, -0.15) is 0 Å². The first-order valence-corrected chi connectivity index (χ1v) is 10.5. The molecule has 0 unspecified atom stereocenters. The van der Waals surface area contributed by atoms with Gasteiger partial charge in [0.25, 0.3) is 0 Å². The summed E-state index contributed by atoms with van der Waals surface area (Å²) in [6.07, 6.45) is 4.00. The molecule has 2 heterocycles. The summed E-state index contributed by atoms with van der Waals surface area (Å²) in [6, 6.07) is 10.6. The summed E-state index contributed by atoms with van der Waals surface area (Å²) in [5.41, 5.74) is 8.07. The zero-order valence-corrected chi connectivity index (χ0v) is 17.8. The van der Waals surface area contributed by atoms with E-state index in [0.717, 1.165) is 54.8 Å². The molecule has 29 heavy (non-hydrogen) atoms. The fourth-order valence-electron chi connectivity index (χ4n) is 4.30. The van der Waals surface area contributed by atoms with Crippen LogP contribution in [0.3, 0.4) is 0 Å². The van der Waals surface area contributed by atoms with Crippen molar-refractivity contribution < 1.29 is 4.79 Å². The van der Waals surface area contributed by atoms with Crippen molar-refractivity contribution in [1.82, 2.24) is 14.5 Å². The van der Waals surface area contributed by atoms with E-state index in [9.17, 15) is 4.79 Å². The molecule has 0 aliphatic carbocycles. The molecule has 5 heteroatoms. The fourth-order valence-corrected chi connectivity index (χ4v) is 4.30. The second-order valence-electron chi connectivity index (χ2n) is 8.56. The van der Waals surface area contributed by atoms with Crippen LogP contribution in [0.1, 0.15) is 35.1 Å². The third-order valence-electron chi connectivity index (χ3n) is 6.07. The monoisotopic (exact) mass is 390 g/mol. The van der Waals surface area contributed by atoms with Gasteiger partial charge in [-0.3, -0.25) is 0 Å². The Labute approximate surface area is 172 Å². The molecule has 1 aromatic heterocycles. The van der Waals surface area contributed by atoms with Crippen LogP contribution in [0.4, 0.5) is 10.5 Å². The highest BCUT2D eigenvalue weighted by Crippen LogP contribution is 2.24. The maximum Gasteiger partial charge on any atom is 0.321 e. The third kappa shape index (κ3) is 4.29. The van der Waals surface area contributed by atoms with Gasteiger partial charge in [0.2, 0.25) is 0 Å². The molecule has 4 rings (SSSR count). The number of rotatable bonds is 3. The molecule has 1 aliphatic heterocycles. The Morgan fingerprint density at radius 3 is 2.34 bits per heavy atom. The Balaban J connectivity index is 1.36. The van der Waals surface area contributed by atoms with Gasteiger partial charge in [0.1, 0.15) is 0 Å². The number of carbonyl (C=O) groups excluding carboxylic acids is 1. The Hall–Kier alpha value is -2.82. The number of nitrogens with zero attached hydrogens (tertiary/aromatic N) is 3. The van der Waals surface area contributed by atoms with Crippen molar-refractivity contribution in [2.45, 2.75) is 47.1 Å². The third-order valence-corrected chi connectivity index (χ3v) is 6.07. The minimum Gasteiger partial charge on any atom is -0.330 e. The number of aryl methyl sites for hydroxylation is 4. The number of hydrogen-bond acceptors (Lipinski definition) is 2. The lowest BCUT2D eigenvalue weighted by Gasteiger charge is -2.32. The van der Waals surface area contributed by atoms with Crippen LogP contribution in [0.5, 0.6) is 0 Å². The molecule has 0 bridgehead atoms. The zero-order valence-electron chi connectivity index (χ0n) is 17.8. The van der Waals surface area contributed by atoms with Gasteiger partial charge in [0.05, 0.1) is 17.4 Å². The van der Waals surface area contributed by atoms with Gasteiger partial charge in [-0.25, -0.2) is 9.78 Å². The standard InChI is InChI=1S/C24H30N4O/c1-16-9-17(2)11-21(10-16)26-24(29)27-7-5-20(6-8-27)14-28-15-25-22-12-18(3)19(4)13-23(22)28/h9-13,15,20H,5-8,14H2,1-4H3,(H,26,29). The van der Waals surface area contributed by atoms with Crippen molar-refractivity contribution in [3.8, 4) is 0 Å². The van der Waals surface area contributed by atoms with Crippen LogP contribution in [0, 0.1) is 33.6 Å². The van der Waals surface area contributed by atoms with Crippen LogP contribution < -0.4 is 5.32 Å². The molecule has 1 fully saturated rings. The lowest BCUT2D eigenvalue weighted by Crippen LogP contribution is -2.41. The zero-order chi connectivity index (χ0) is 20.5. The van der Waals surface area contributed by atoms with Crippen molar-refractivity contribution in [2.75, 3.05) is 18.4 Å². The number of aromatic nitrogens is 2. The summed E-state index contributed by atoms with van der Waals surface area (Å²) in [4.78, 5) is 19.2. The number of carbonyl (C=O) groups is 1. The van der Waals surface area contributed by atoms with E-state index in [1.165, 1.54) is 16.6 Å². The maximum absolute atomic E-state index is 12.7. The van der Waals surface area contributed by atoms with Crippen LogP contribution in [0.2, 0.25) is 0 Å². The average Bonchev–Trinajstić information content (AvgIpc) is 3.03. The number of hydrogen-bond donors (Lipinski definition) is 1. The molecule has 1 aliphatic rings. The summed E-state index contributed by atoms with van der Waals surface area (Å²) in [5.74, 6) is 0.569. The number of nitrogens with one attached hydrogen (secondary N) is 1. The number of piperidine rings is 1. The SMILES string of the molecule is Cc1cc(C)cc(NC(=O)N2CCC(Cn3cnc4cc(C)c(C)cc43)CC2)c1. The summed E-state index contributed by atoms with van der Waals surface area (Å²) in [7, 11) is 0. The molecule has 3 aromatic rings. The minimum atomic E-state index is 0.00707. The van der Waals surface area contributed by atoms with Gasteiger partial charge in [-0.1, -0.05) is 6.07 Å². The Morgan fingerprint density at radius 2 is 1.66 bits per heavy atom. The van der Waals surface area contributed by atoms with E-state index in [1.807, 2.05) is 23.4 Å². The maximum atomic E-state index is 12.7. The quantitative estimate of drug-likeness (QED) is 0.667. The second kappa shape index (κ2) is 7.90. The largest absolute Gasteiger partial charge is 0.330 e. The molecule has 0 spiro atoms. The summed E-state index contributed by atoms with van der Waals surface area (Å²) < 4.78 is 2.28. The molecular weight excluding hydrogens is 360 g/mol. The van der Waals surface area contributed by atoms with Crippen molar-refractivity contribution in [2.24, 2.45) is 5.92 Å². The van der Waals surface area contributed by atoms with E-state index in [2.05, 4.69) is 60.8 Å². The molecule has 1 N–H and O–H groups in total. The summed E-state index contributed by atoms with van der Waals surface area (Å²) >= 11 is 0. The van der Waals surface area contributed by atoms with Gasteiger partial charge >= 0.3 is 6.03 Å². The van der Waals surface area contributed by atoms with Gasteiger partial charge in [0, 0.05) is 25.3 Å². The van der Waals surface area contributed by atoms with E-state index in [4.69, 9.17) is 0 Å². The molecule has 0 saturated carbocycles. The van der Waals surface area contributed by atoms with Crippen LogP contribution in [-0.2, 0) is 6.54 Å². The Kier molecular flexibility index (Phi) is 5.31. The van der Waals surface area contributed by atoms with E-state index < -0.39 is 0 Å². The molecule has 0 radical (unpaired) electrons. The lowest BCUT2D eigenvalue weighted by atomic mass is 9.97. The number of amides is 2. The fraction of sp³-hybridized carbons (Fsp3) is 0.417. The molecule has 0 atom stereocenters. The Bertz CT molecular complexity index is 1020. The van der Waals surface area contributed by atoms with E-state index in [-0.39, 0.29) is 6.03 Å². The average molecular weight is 391 g/mol. The van der Waals surface area contributed by atoms with Crippen molar-refractivity contribution >= 4 is 22.8 Å². The van der Waals surface area contributed by atoms with E-state index in [1.54, 1.807) is 0 Å². The second-order valence-corrected chi connectivity index (χ2v) is 8.56. The molecule has 5 nitrogen and oxygen atoms in total. The van der Waals surface area contributed by atoms with Gasteiger partial charge in [0.15, 0.2) is 0 Å². The molecular formula is C24H30N4O. The molecule has 152 valence electrons. The van der Waals surface area contributed by atoms with Crippen LogP contribution in [0.15, 0.2) is 36.7 Å². The Morgan fingerprint density at radius 1 is 1.00 bits per heavy atom. The number of fused-ring (bicyclic) bond motifs is 1. The van der Waals surface area contributed by atoms with Gasteiger partial charge in [-0.15, -0.1) is 0 Å². The number of likely N-dealkylation sites (tertiary alicyclic amines) is 1. The number of benzene rings is 2. The molecule has 1 saturated heterocycles. The van der Waals surface area contributed by atoms with Gasteiger partial charge < -0.3 is 14.8 Å². The minimum absolute atomic E-state index is 0.00707. The number of imidazole rings is 1. The molecule has 2 aromatic carbocycles. The van der Waals surface area contributed by atoms with Crippen LogP contribution >= 0.6 is 0 Å². The van der Waals surface area contributed by atoms with E-state index >= 15 is 0 Å². The first kappa shape index (κ1) is 19.5. The smallest absolute Gasteiger partial charge is 0.321 e. The van der Waals surface area contributed by atoms with Crippen molar-refractivity contribution in [1.29, 1.82) is 0 Å². The predicted octanol–water partition coefficient (Wildman–Crippen LogP) is 5.21. The predicted molar refractivity (Wildman–Crippen MR) is 118 cm³/mol. The van der Waals surface area contributed by atoms with E-state index in [0.29, 0.717) is 5.92 Å². The normalized spacial score (nSPS) is 15.1. The topological polar surface area (TPSA) is 50.2 Å². The van der Waals surface area contributed by atoms with Crippen LogP contribution in [-0.4, -0.2) is 33.6 Å². The first-order chi connectivity index (χ1) is 13.9. The highest BCUT2D eigenvalue weighted by Gasteiger charge is 2.23. The summed E-state index contributed by atoms with van der Waals surface area (Å²) in [6.45, 7) is 10.9.